The van der Waals surface area contributed by atoms with Crippen molar-refractivity contribution in [3.63, 3.8) is 0 Å². The Hall–Kier alpha value is -2.34. The largest absolute Gasteiger partial charge is 0.463 e. The Kier molecular flexibility index (Phi) is 3.31. The Morgan fingerprint density at radius 1 is 1.32 bits per heavy atom. The highest BCUT2D eigenvalue weighted by atomic mass is 32.1. The summed E-state index contributed by atoms with van der Waals surface area (Å²) < 4.78 is 7.58. The molecule has 0 radical (unpaired) electrons. The third kappa shape index (κ3) is 2.35. The summed E-state index contributed by atoms with van der Waals surface area (Å²) in [6.07, 6.45) is 3.96. The first kappa shape index (κ1) is 13.3. The van der Waals surface area contributed by atoms with Crippen LogP contribution in [0.25, 0.3) is 11.5 Å². The maximum Gasteiger partial charge on any atom is 0.228 e. The summed E-state index contributed by atoms with van der Waals surface area (Å²) in [6.45, 7) is 2.02. The first-order chi connectivity index (χ1) is 10.8. The average Bonchev–Trinajstić information content (AvgIpc) is 3.27. The van der Waals surface area contributed by atoms with E-state index in [0.29, 0.717) is 19.5 Å². The van der Waals surface area contributed by atoms with Gasteiger partial charge in [0.2, 0.25) is 5.91 Å². The number of carbonyl (C=O) groups excluding carboxylic acids is 1. The molecule has 1 aliphatic rings. The molecule has 1 aliphatic heterocycles. The van der Waals surface area contributed by atoms with Crippen molar-refractivity contribution in [1.29, 1.82) is 0 Å². The lowest BCUT2D eigenvalue weighted by Gasteiger charge is -2.28. The van der Waals surface area contributed by atoms with Crippen molar-refractivity contribution in [2.45, 2.75) is 19.5 Å². The van der Waals surface area contributed by atoms with Crippen LogP contribution in [0.5, 0.6) is 0 Å². The predicted molar refractivity (Wildman–Crippen MR) is 83.4 cm³/mol. The molecule has 4 heterocycles. The van der Waals surface area contributed by atoms with Gasteiger partial charge < -0.3 is 13.9 Å². The van der Waals surface area contributed by atoms with E-state index < -0.39 is 0 Å². The molecule has 0 aromatic carbocycles. The quantitative estimate of drug-likeness (QED) is 0.747. The second-order valence-electron chi connectivity index (χ2n) is 5.26. The summed E-state index contributed by atoms with van der Waals surface area (Å²) in [6, 6.07) is 7.78. The smallest absolute Gasteiger partial charge is 0.228 e. The second-order valence-corrected chi connectivity index (χ2v) is 6.29. The molecule has 1 amide bonds. The summed E-state index contributed by atoms with van der Waals surface area (Å²) in [5.74, 6) is 1.89. The highest BCUT2D eigenvalue weighted by Gasteiger charge is 2.24. The van der Waals surface area contributed by atoms with Crippen molar-refractivity contribution >= 4 is 17.2 Å². The topological polar surface area (TPSA) is 51.3 Å². The number of furan rings is 1. The lowest BCUT2D eigenvalue weighted by Crippen LogP contribution is -2.39. The molecule has 0 aliphatic carbocycles. The molecule has 0 atom stereocenters. The van der Waals surface area contributed by atoms with E-state index in [-0.39, 0.29) is 5.91 Å². The monoisotopic (exact) mass is 313 g/mol. The standard InChI is InChI=1S/C16H15N3O2S/c20-16(9-12-3-2-8-22-12)18-5-6-19-13(10-17-15(19)11-18)14-4-1-7-21-14/h1-4,7-8,10H,5-6,9,11H2. The van der Waals surface area contributed by atoms with E-state index in [9.17, 15) is 4.79 Å². The molecule has 6 heteroatoms. The molecule has 3 aromatic heterocycles. The SMILES string of the molecule is O=C(Cc1cccs1)N1CCn2c(-c3ccco3)cnc2C1. The molecule has 0 N–H and O–H groups in total. The van der Waals surface area contributed by atoms with Crippen molar-refractivity contribution in [1.82, 2.24) is 14.5 Å². The van der Waals surface area contributed by atoms with Crippen LogP contribution in [0.1, 0.15) is 10.7 Å². The number of imidazole rings is 1. The number of carbonyl (C=O) groups is 1. The number of amides is 1. The van der Waals surface area contributed by atoms with E-state index in [1.807, 2.05) is 40.7 Å². The van der Waals surface area contributed by atoms with Crippen LogP contribution in [0.15, 0.2) is 46.5 Å². The number of rotatable bonds is 3. The summed E-state index contributed by atoms with van der Waals surface area (Å²) in [5, 5.41) is 2.00. The van der Waals surface area contributed by atoms with Gasteiger partial charge in [-0.2, -0.15) is 0 Å². The van der Waals surface area contributed by atoms with Gasteiger partial charge in [0.15, 0.2) is 5.76 Å². The van der Waals surface area contributed by atoms with Crippen LogP contribution in [0, 0.1) is 0 Å². The Labute approximate surface area is 131 Å². The van der Waals surface area contributed by atoms with Gasteiger partial charge >= 0.3 is 0 Å². The third-order valence-corrected chi connectivity index (χ3v) is 4.77. The third-order valence-electron chi connectivity index (χ3n) is 3.90. The maximum absolute atomic E-state index is 12.4. The van der Waals surface area contributed by atoms with E-state index in [2.05, 4.69) is 9.55 Å². The van der Waals surface area contributed by atoms with Crippen molar-refractivity contribution in [2.75, 3.05) is 6.54 Å². The van der Waals surface area contributed by atoms with Gasteiger partial charge in [-0.05, 0) is 23.6 Å². The van der Waals surface area contributed by atoms with E-state index in [0.717, 1.165) is 28.7 Å². The fourth-order valence-corrected chi connectivity index (χ4v) is 3.46. The number of aromatic nitrogens is 2. The van der Waals surface area contributed by atoms with Crippen molar-refractivity contribution in [3.8, 4) is 11.5 Å². The van der Waals surface area contributed by atoms with Crippen LogP contribution in [-0.2, 0) is 24.3 Å². The maximum atomic E-state index is 12.4. The summed E-state index contributed by atoms with van der Waals surface area (Å²) >= 11 is 1.62. The normalized spacial score (nSPS) is 14.1. The Morgan fingerprint density at radius 2 is 2.27 bits per heavy atom. The highest BCUT2D eigenvalue weighted by Crippen LogP contribution is 2.24. The first-order valence-corrected chi connectivity index (χ1v) is 8.07. The molecule has 3 aromatic rings. The molecular weight excluding hydrogens is 298 g/mol. The molecule has 5 nitrogen and oxygen atoms in total. The summed E-state index contributed by atoms with van der Waals surface area (Å²) in [4.78, 5) is 19.8. The van der Waals surface area contributed by atoms with Crippen LogP contribution in [0.2, 0.25) is 0 Å². The van der Waals surface area contributed by atoms with Gasteiger partial charge in [0.25, 0.3) is 0 Å². The average molecular weight is 313 g/mol. The lowest BCUT2D eigenvalue weighted by atomic mass is 10.2. The minimum atomic E-state index is 0.163. The minimum absolute atomic E-state index is 0.163. The number of fused-ring (bicyclic) bond motifs is 1. The zero-order valence-corrected chi connectivity index (χ0v) is 12.8. The van der Waals surface area contributed by atoms with E-state index in [1.165, 1.54) is 0 Å². The second kappa shape index (κ2) is 5.46. The Balaban J connectivity index is 1.52. The zero-order valence-electron chi connectivity index (χ0n) is 11.9. The van der Waals surface area contributed by atoms with Gasteiger partial charge in [0, 0.05) is 18.0 Å². The van der Waals surface area contributed by atoms with Crippen LogP contribution in [0.3, 0.4) is 0 Å². The summed E-state index contributed by atoms with van der Waals surface area (Å²) in [5.41, 5.74) is 0.977. The van der Waals surface area contributed by atoms with Gasteiger partial charge in [-0.25, -0.2) is 4.98 Å². The van der Waals surface area contributed by atoms with Crippen molar-refractivity contribution < 1.29 is 9.21 Å². The number of nitrogens with zero attached hydrogens (tertiary/aromatic N) is 3. The molecule has 4 rings (SSSR count). The van der Waals surface area contributed by atoms with E-state index in [4.69, 9.17) is 4.42 Å². The van der Waals surface area contributed by atoms with Crippen LogP contribution in [-0.4, -0.2) is 26.9 Å². The molecule has 0 saturated heterocycles. The molecule has 0 fully saturated rings. The van der Waals surface area contributed by atoms with Crippen LogP contribution in [0.4, 0.5) is 0 Å². The molecule has 0 unspecified atom stereocenters. The minimum Gasteiger partial charge on any atom is -0.463 e. The fraction of sp³-hybridized carbons (Fsp3) is 0.250. The van der Waals surface area contributed by atoms with Gasteiger partial charge in [0.05, 0.1) is 25.4 Å². The van der Waals surface area contributed by atoms with Gasteiger partial charge in [-0.15, -0.1) is 11.3 Å². The van der Waals surface area contributed by atoms with Crippen molar-refractivity contribution in [3.05, 3.63) is 52.8 Å². The van der Waals surface area contributed by atoms with Crippen LogP contribution < -0.4 is 0 Å². The molecular formula is C16H15N3O2S. The van der Waals surface area contributed by atoms with Gasteiger partial charge in [-0.3, -0.25) is 4.79 Å². The molecule has 0 saturated carbocycles. The molecule has 0 bridgehead atoms. The first-order valence-electron chi connectivity index (χ1n) is 7.20. The van der Waals surface area contributed by atoms with Gasteiger partial charge in [-0.1, -0.05) is 6.07 Å². The fourth-order valence-electron chi connectivity index (χ4n) is 2.77. The summed E-state index contributed by atoms with van der Waals surface area (Å²) in [7, 11) is 0. The van der Waals surface area contributed by atoms with Crippen LogP contribution >= 0.6 is 11.3 Å². The number of thiophene rings is 1. The highest BCUT2D eigenvalue weighted by molar-refractivity contribution is 7.10. The number of hydrogen-bond donors (Lipinski definition) is 0. The zero-order chi connectivity index (χ0) is 14.9. The molecule has 0 spiro atoms. The lowest BCUT2D eigenvalue weighted by molar-refractivity contribution is -0.131. The predicted octanol–water partition coefficient (Wildman–Crippen LogP) is 2.79. The van der Waals surface area contributed by atoms with Crippen molar-refractivity contribution in [2.24, 2.45) is 0 Å². The van der Waals surface area contributed by atoms with E-state index >= 15 is 0 Å². The molecule has 112 valence electrons. The van der Waals surface area contributed by atoms with Gasteiger partial charge in [0.1, 0.15) is 11.5 Å². The Bertz CT molecular complexity index is 775. The molecule has 22 heavy (non-hydrogen) atoms. The number of hydrogen-bond acceptors (Lipinski definition) is 4. The van der Waals surface area contributed by atoms with E-state index in [1.54, 1.807) is 17.6 Å². The Morgan fingerprint density at radius 3 is 3.05 bits per heavy atom.